The van der Waals surface area contributed by atoms with Gasteiger partial charge in [-0.3, -0.25) is 9.20 Å². The van der Waals surface area contributed by atoms with Gasteiger partial charge in [-0.15, -0.1) is 0 Å². The number of fused-ring (bicyclic) bond motifs is 1. The number of benzene rings is 1. The fourth-order valence-electron chi connectivity index (χ4n) is 4.22. The predicted octanol–water partition coefficient (Wildman–Crippen LogP) is 3.91. The highest BCUT2D eigenvalue weighted by molar-refractivity contribution is 6.32. The second-order valence-corrected chi connectivity index (χ2v) is 8.51. The van der Waals surface area contributed by atoms with Crippen LogP contribution in [-0.4, -0.2) is 51.5 Å². The van der Waals surface area contributed by atoms with Crippen molar-refractivity contribution < 1.29 is 9.53 Å². The quantitative estimate of drug-likeness (QED) is 0.434. The number of ether oxygens (including phenoxy) is 1. The molecule has 0 aliphatic carbocycles. The Balaban J connectivity index is 1.39. The number of halogens is 1. The minimum atomic E-state index is -0.00441. The van der Waals surface area contributed by atoms with E-state index in [0.29, 0.717) is 22.4 Å². The Labute approximate surface area is 201 Å². The summed E-state index contributed by atoms with van der Waals surface area (Å²) in [4.78, 5) is 27.0. The molecule has 0 bridgehead atoms. The van der Waals surface area contributed by atoms with Crippen molar-refractivity contribution in [2.45, 2.75) is 19.4 Å². The molecule has 2 N–H and O–H groups in total. The molecule has 0 radical (unpaired) electrons. The van der Waals surface area contributed by atoms with E-state index in [1.54, 1.807) is 26.4 Å². The number of pyridine rings is 1. The minimum Gasteiger partial charge on any atom is -0.494 e. The van der Waals surface area contributed by atoms with Crippen LogP contribution in [0.5, 0.6) is 5.75 Å². The number of imidazole rings is 1. The molecule has 4 heterocycles. The molecule has 4 aromatic rings. The number of aromatic nitrogens is 4. The van der Waals surface area contributed by atoms with Gasteiger partial charge in [0, 0.05) is 44.0 Å². The van der Waals surface area contributed by atoms with Crippen molar-refractivity contribution >= 4 is 40.5 Å². The summed E-state index contributed by atoms with van der Waals surface area (Å²) in [6.07, 6.45) is 6.14. The Morgan fingerprint density at radius 1 is 1.21 bits per heavy atom. The fraction of sp³-hybridized carbons (Fsp3) is 0.250. The van der Waals surface area contributed by atoms with Crippen molar-refractivity contribution in [1.82, 2.24) is 24.7 Å². The van der Waals surface area contributed by atoms with Gasteiger partial charge in [-0.25, -0.2) is 15.0 Å². The molecule has 1 aliphatic heterocycles. The van der Waals surface area contributed by atoms with Crippen molar-refractivity contribution in [3.8, 4) is 17.1 Å². The standard InChI is InChI=1S/C24H24ClN7O2/c1-15(33)28-16-8-10-31(14-16)17-6-7-19(21(11-17)34-2)29-24-27-12-18(25)23(30-24)20-13-26-22-5-3-4-9-32(20)22/h3-7,9,11-13,16H,8,10,14H2,1-2H3,(H,28,33)(H,27,29,30)/t16-/m1/s1. The van der Waals surface area contributed by atoms with Crippen LogP contribution in [0.4, 0.5) is 17.3 Å². The van der Waals surface area contributed by atoms with Crippen LogP contribution in [0.2, 0.25) is 5.02 Å². The Kier molecular flexibility index (Phi) is 5.93. The maximum atomic E-state index is 11.4. The number of hydrogen-bond donors (Lipinski definition) is 2. The molecular formula is C24H24ClN7O2. The monoisotopic (exact) mass is 477 g/mol. The third kappa shape index (κ3) is 4.34. The molecule has 34 heavy (non-hydrogen) atoms. The molecule has 1 aliphatic rings. The van der Waals surface area contributed by atoms with E-state index >= 15 is 0 Å². The molecule has 0 spiro atoms. The number of rotatable bonds is 6. The van der Waals surface area contributed by atoms with Crippen LogP contribution >= 0.6 is 11.6 Å². The Morgan fingerprint density at radius 3 is 2.91 bits per heavy atom. The molecule has 10 heteroatoms. The molecule has 1 fully saturated rings. The number of carbonyl (C=O) groups is 1. The first kappa shape index (κ1) is 22.0. The lowest BCUT2D eigenvalue weighted by Crippen LogP contribution is -2.35. The van der Waals surface area contributed by atoms with Crippen LogP contribution in [0.1, 0.15) is 13.3 Å². The number of nitrogens with one attached hydrogen (secondary N) is 2. The van der Waals surface area contributed by atoms with Gasteiger partial charge in [-0.2, -0.15) is 0 Å². The number of hydrogen-bond acceptors (Lipinski definition) is 7. The predicted molar refractivity (Wildman–Crippen MR) is 132 cm³/mol. The zero-order chi connectivity index (χ0) is 23.7. The molecular weight excluding hydrogens is 454 g/mol. The lowest BCUT2D eigenvalue weighted by atomic mass is 10.2. The lowest BCUT2D eigenvalue weighted by Gasteiger charge is -2.21. The van der Waals surface area contributed by atoms with E-state index in [-0.39, 0.29) is 11.9 Å². The second kappa shape index (κ2) is 9.18. The zero-order valence-corrected chi connectivity index (χ0v) is 19.6. The molecule has 174 valence electrons. The Morgan fingerprint density at radius 2 is 2.09 bits per heavy atom. The van der Waals surface area contributed by atoms with Gasteiger partial charge in [-0.1, -0.05) is 17.7 Å². The average Bonchev–Trinajstić information content (AvgIpc) is 3.47. The smallest absolute Gasteiger partial charge is 0.227 e. The van der Waals surface area contributed by atoms with E-state index in [9.17, 15) is 4.79 Å². The van der Waals surface area contributed by atoms with Crippen LogP contribution in [0.3, 0.4) is 0 Å². The van der Waals surface area contributed by atoms with Gasteiger partial charge in [0.1, 0.15) is 17.1 Å². The maximum absolute atomic E-state index is 11.4. The molecule has 0 unspecified atom stereocenters. The number of carbonyl (C=O) groups excluding carboxylic acids is 1. The SMILES string of the molecule is COc1cc(N2CC[C@@H](NC(C)=O)C2)ccc1Nc1ncc(Cl)c(-c2cnc3ccccn23)n1. The fourth-order valence-corrected chi connectivity index (χ4v) is 4.40. The van der Waals surface area contributed by atoms with Gasteiger partial charge in [0.15, 0.2) is 0 Å². The average molecular weight is 478 g/mol. The van der Waals surface area contributed by atoms with Crippen molar-refractivity contribution in [1.29, 1.82) is 0 Å². The summed E-state index contributed by atoms with van der Waals surface area (Å²) in [6.45, 7) is 3.17. The van der Waals surface area contributed by atoms with Gasteiger partial charge < -0.3 is 20.3 Å². The summed E-state index contributed by atoms with van der Waals surface area (Å²) in [7, 11) is 1.63. The summed E-state index contributed by atoms with van der Waals surface area (Å²) in [5.74, 6) is 1.05. The first-order valence-corrected chi connectivity index (χ1v) is 11.3. The van der Waals surface area contributed by atoms with Gasteiger partial charge >= 0.3 is 0 Å². The number of methoxy groups -OCH3 is 1. The largest absolute Gasteiger partial charge is 0.494 e. The summed E-state index contributed by atoms with van der Waals surface area (Å²) in [6, 6.07) is 11.9. The number of amides is 1. The normalized spacial score (nSPS) is 15.5. The summed E-state index contributed by atoms with van der Waals surface area (Å²) >= 11 is 6.44. The van der Waals surface area contributed by atoms with Crippen LogP contribution in [0.25, 0.3) is 17.0 Å². The van der Waals surface area contributed by atoms with Crippen LogP contribution < -0.4 is 20.3 Å². The van der Waals surface area contributed by atoms with Crippen LogP contribution in [-0.2, 0) is 4.79 Å². The van der Waals surface area contributed by atoms with E-state index in [2.05, 4.69) is 30.5 Å². The van der Waals surface area contributed by atoms with Crippen molar-refractivity contribution in [2.75, 3.05) is 30.4 Å². The van der Waals surface area contributed by atoms with E-state index in [1.165, 1.54) is 0 Å². The molecule has 1 amide bonds. The van der Waals surface area contributed by atoms with Crippen molar-refractivity contribution in [2.24, 2.45) is 0 Å². The highest BCUT2D eigenvalue weighted by Gasteiger charge is 2.24. The Hall–Kier alpha value is -3.85. The third-order valence-corrected chi connectivity index (χ3v) is 6.07. The topological polar surface area (TPSA) is 96.7 Å². The minimum absolute atomic E-state index is 0.00441. The number of anilines is 3. The van der Waals surface area contributed by atoms with E-state index in [1.807, 2.05) is 47.0 Å². The van der Waals surface area contributed by atoms with Gasteiger partial charge in [0.2, 0.25) is 11.9 Å². The zero-order valence-electron chi connectivity index (χ0n) is 18.8. The van der Waals surface area contributed by atoms with Crippen LogP contribution in [0, 0.1) is 0 Å². The van der Waals surface area contributed by atoms with Crippen molar-refractivity contribution in [3.05, 3.63) is 60.0 Å². The molecule has 3 aromatic heterocycles. The number of nitrogens with zero attached hydrogens (tertiary/aromatic N) is 5. The van der Waals surface area contributed by atoms with Crippen molar-refractivity contribution in [3.63, 3.8) is 0 Å². The lowest BCUT2D eigenvalue weighted by molar-refractivity contribution is -0.119. The van der Waals surface area contributed by atoms with E-state index in [0.717, 1.165) is 42.2 Å². The van der Waals surface area contributed by atoms with Gasteiger partial charge in [0.05, 0.1) is 35.9 Å². The van der Waals surface area contributed by atoms with Gasteiger partial charge in [-0.05, 0) is 30.7 Å². The molecule has 9 nitrogen and oxygen atoms in total. The molecule has 1 aromatic carbocycles. The van der Waals surface area contributed by atoms with Crippen LogP contribution in [0.15, 0.2) is 55.0 Å². The summed E-state index contributed by atoms with van der Waals surface area (Å²) in [5.41, 5.74) is 3.92. The molecule has 0 saturated carbocycles. The Bertz CT molecular complexity index is 1360. The maximum Gasteiger partial charge on any atom is 0.227 e. The summed E-state index contributed by atoms with van der Waals surface area (Å²) in [5, 5.41) is 6.66. The highest BCUT2D eigenvalue weighted by atomic mass is 35.5. The second-order valence-electron chi connectivity index (χ2n) is 8.10. The summed E-state index contributed by atoms with van der Waals surface area (Å²) < 4.78 is 7.57. The van der Waals surface area contributed by atoms with E-state index in [4.69, 9.17) is 16.3 Å². The first-order chi connectivity index (χ1) is 16.5. The van der Waals surface area contributed by atoms with Gasteiger partial charge in [0.25, 0.3) is 0 Å². The van der Waals surface area contributed by atoms with E-state index < -0.39 is 0 Å². The highest BCUT2D eigenvalue weighted by Crippen LogP contribution is 2.34. The first-order valence-electron chi connectivity index (χ1n) is 10.9. The molecule has 1 atom stereocenters. The molecule has 5 rings (SSSR count). The molecule has 1 saturated heterocycles. The third-order valence-electron chi connectivity index (χ3n) is 5.80.